The zero-order valence-corrected chi connectivity index (χ0v) is 10.4. The zero-order chi connectivity index (χ0) is 11.8. The maximum Gasteiger partial charge on any atom is 0.234 e. The first kappa shape index (κ1) is 13.5. The van der Waals surface area contributed by atoms with Gasteiger partial charge in [-0.1, -0.05) is 6.92 Å². The molecule has 16 heavy (non-hydrogen) atoms. The molecule has 1 fully saturated rings. The molecule has 2 atom stereocenters. The largest absolute Gasteiger partial charge is 0.377 e. The predicted octanol–water partition coefficient (Wildman–Crippen LogP) is 1.06. The molecule has 0 aromatic heterocycles. The topological polar surface area (TPSA) is 50.4 Å². The second kappa shape index (κ2) is 7.63. The van der Waals surface area contributed by atoms with Crippen molar-refractivity contribution in [2.45, 2.75) is 51.7 Å². The summed E-state index contributed by atoms with van der Waals surface area (Å²) in [5.41, 5.74) is 0. The van der Waals surface area contributed by atoms with E-state index < -0.39 is 0 Å². The highest BCUT2D eigenvalue weighted by molar-refractivity contribution is 5.78. The summed E-state index contributed by atoms with van der Waals surface area (Å²) in [5.74, 6) is 0.0742. The molecule has 1 heterocycles. The van der Waals surface area contributed by atoms with Crippen LogP contribution in [0.1, 0.15) is 39.5 Å². The van der Waals surface area contributed by atoms with Crippen LogP contribution in [0.15, 0.2) is 0 Å². The first-order chi connectivity index (χ1) is 7.72. The molecular formula is C12H24N2O2. The summed E-state index contributed by atoms with van der Waals surface area (Å²) in [5, 5.41) is 6.07. The van der Waals surface area contributed by atoms with Crippen molar-refractivity contribution in [3.05, 3.63) is 0 Å². The second-order valence-corrected chi connectivity index (χ2v) is 4.50. The van der Waals surface area contributed by atoms with E-state index >= 15 is 0 Å². The molecule has 1 aliphatic heterocycles. The number of carbonyl (C=O) groups excluding carboxylic acids is 1. The van der Waals surface area contributed by atoms with Gasteiger partial charge in [0.2, 0.25) is 5.91 Å². The van der Waals surface area contributed by atoms with Crippen molar-refractivity contribution < 1.29 is 9.53 Å². The predicted molar refractivity (Wildman–Crippen MR) is 64.4 cm³/mol. The Morgan fingerprint density at radius 2 is 2.31 bits per heavy atom. The lowest BCUT2D eigenvalue weighted by Gasteiger charge is -2.22. The van der Waals surface area contributed by atoms with Crippen molar-refractivity contribution in [3.8, 4) is 0 Å². The van der Waals surface area contributed by atoms with Crippen molar-refractivity contribution in [2.24, 2.45) is 0 Å². The van der Waals surface area contributed by atoms with E-state index in [2.05, 4.69) is 17.6 Å². The van der Waals surface area contributed by atoms with Gasteiger partial charge in [-0.15, -0.1) is 0 Å². The number of amides is 1. The molecule has 1 saturated heterocycles. The van der Waals surface area contributed by atoms with E-state index in [0.717, 1.165) is 26.0 Å². The van der Waals surface area contributed by atoms with Gasteiger partial charge in [-0.2, -0.15) is 0 Å². The van der Waals surface area contributed by atoms with Gasteiger partial charge in [-0.3, -0.25) is 4.79 Å². The minimum Gasteiger partial charge on any atom is -0.377 e. The van der Waals surface area contributed by atoms with Gasteiger partial charge < -0.3 is 15.4 Å². The highest BCUT2D eigenvalue weighted by Gasteiger charge is 2.13. The summed E-state index contributed by atoms with van der Waals surface area (Å²) < 4.78 is 5.57. The van der Waals surface area contributed by atoms with Crippen molar-refractivity contribution in [2.75, 3.05) is 19.7 Å². The number of hydrogen-bond acceptors (Lipinski definition) is 3. The van der Waals surface area contributed by atoms with Crippen LogP contribution in [-0.2, 0) is 9.53 Å². The highest BCUT2D eigenvalue weighted by atomic mass is 16.5. The van der Waals surface area contributed by atoms with Crippen LogP contribution in [0.3, 0.4) is 0 Å². The van der Waals surface area contributed by atoms with E-state index in [1.165, 1.54) is 12.8 Å². The molecule has 1 rings (SSSR count). The lowest BCUT2D eigenvalue weighted by Crippen LogP contribution is -2.41. The van der Waals surface area contributed by atoms with Crippen LogP contribution in [0.5, 0.6) is 0 Å². The Morgan fingerprint density at radius 3 is 2.94 bits per heavy atom. The summed E-state index contributed by atoms with van der Waals surface area (Å²) in [6.07, 6.45) is 4.79. The molecule has 1 amide bonds. The van der Waals surface area contributed by atoms with E-state index in [1.807, 2.05) is 6.92 Å². The van der Waals surface area contributed by atoms with Gasteiger partial charge in [0.15, 0.2) is 0 Å². The molecular weight excluding hydrogens is 204 g/mol. The molecule has 0 aliphatic carbocycles. The lowest BCUT2D eigenvalue weighted by atomic mass is 10.1. The quantitative estimate of drug-likeness (QED) is 0.714. The van der Waals surface area contributed by atoms with Crippen molar-refractivity contribution in [3.63, 3.8) is 0 Å². The van der Waals surface area contributed by atoms with E-state index in [9.17, 15) is 4.79 Å². The fourth-order valence-corrected chi connectivity index (χ4v) is 1.74. The summed E-state index contributed by atoms with van der Waals surface area (Å²) in [6.45, 7) is 6.12. The zero-order valence-electron chi connectivity index (χ0n) is 10.4. The lowest BCUT2D eigenvalue weighted by molar-refractivity contribution is -0.121. The minimum absolute atomic E-state index is 0.0742. The molecule has 0 saturated carbocycles. The Balaban J connectivity index is 2.03. The van der Waals surface area contributed by atoms with Crippen LogP contribution in [0.4, 0.5) is 0 Å². The fraction of sp³-hybridized carbons (Fsp3) is 0.917. The van der Waals surface area contributed by atoms with E-state index in [0.29, 0.717) is 12.6 Å². The number of rotatable bonds is 6. The number of ether oxygens (including phenoxy) is 1. The van der Waals surface area contributed by atoms with Gasteiger partial charge in [0.1, 0.15) is 0 Å². The normalized spacial score (nSPS) is 22.8. The smallest absolute Gasteiger partial charge is 0.234 e. The maximum absolute atomic E-state index is 11.4. The number of nitrogens with one attached hydrogen (secondary N) is 2. The van der Waals surface area contributed by atoms with Crippen LogP contribution < -0.4 is 10.6 Å². The molecule has 0 bridgehead atoms. The number of hydrogen-bond donors (Lipinski definition) is 2. The van der Waals surface area contributed by atoms with Crippen molar-refractivity contribution >= 4 is 5.91 Å². The van der Waals surface area contributed by atoms with Crippen molar-refractivity contribution in [1.29, 1.82) is 0 Å². The molecule has 0 radical (unpaired) electrons. The van der Waals surface area contributed by atoms with Gasteiger partial charge in [-0.05, 0) is 32.6 Å². The van der Waals surface area contributed by atoms with Gasteiger partial charge in [0, 0.05) is 19.2 Å². The first-order valence-electron chi connectivity index (χ1n) is 6.34. The molecule has 2 unspecified atom stereocenters. The molecule has 0 aromatic rings. The Bertz CT molecular complexity index is 203. The monoisotopic (exact) mass is 228 g/mol. The molecule has 94 valence electrons. The van der Waals surface area contributed by atoms with Gasteiger partial charge in [0.05, 0.1) is 12.6 Å². The summed E-state index contributed by atoms with van der Waals surface area (Å²) in [7, 11) is 0. The van der Waals surface area contributed by atoms with E-state index in [-0.39, 0.29) is 11.9 Å². The molecule has 4 heteroatoms. The molecule has 0 spiro atoms. The third kappa shape index (κ3) is 5.47. The SMILES string of the molecule is CCC(C)NC(=O)CNCC1CCCCO1. The van der Waals surface area contributed by atoms with E-state index in [1.54, 1.807) is 0 Å². The molecule has 2 N–H and O–H groups in total. The molecule has 1 aliphatic rings. The minimum atomic E-state index is 0.0742. The summed E-state index contributed by atoms with van der Waals surface area (Å²) in [4.78, 5) is 11.4. The third-order valence-corrected chi connectivity index (χ3v) is 2.95. The second-order valence-electron chi connectivity index (χ2n) is 4.50. The Kier molecular flexibility index (Phi) is 6.42. The van der Waals surface area contributed by atoms with E-state index in [4.69, 9.17) is 4.74 Å². The Hall–Kier alpha value is -0.610. The summed E-state index contributed by atoms with van der Waals surface area (Å²) >= 11 is 0. The number of carbonyl (C=O) groups is 1. The summed E-state index contributed by atoms with van der Waals surface area (Å²) in [6, 6.07) is 0.264. The van der Waals surface area contributed by atoms with Crippen LogP contribution in [-0.4, -0.2) is 37.7 Å². The molecule has 0 aromatic carbocycles. The Labute approximate surface area is 98.1 Å². The fourth-order valence-electron chi connectivity index (χ4n) is 1.74. The van der Waals surface area contributed by atoms with Crippen LogP contribution >= 0.6 is 0 Å². The van der Waals surface area contributed by atoms with Crippen LogP contribution in [0.2, 0.25) is 0 Å². The average Bonchev–Trinajstić information content (AvgIpc) is 2.30. The third-order valence-electron chi connectivity index (χ3n) is 2.95. The standard InChI is InChI=1S/C12H24N2O2/c1-3-10(2)14-12(15)9-13-8-11-6-4-5-7-16-11/h10-11,13H,3-9H2,1-2H3,(H,14,15). The maximum atomic E-state index is 11.4. The molecule has 4 nitrogen and oxygen atoms in total. The average molecular weight is 228 g/mol. The highest BCUT2D eigenvalue weighted by Crippen LogP contribution is 2.11. The van der Waals surface area contributed by atoms with Gasteiger partial charge in [-0.25, -0.2) is 0 Å². The van der Waals surface area contributed by atoms with Crippen LogP contribution in [0, 0.1) is 0 Å². The first-order valence-corrected chi connectivity index (χ1v) is 6.34. The Morgan fingerprint density at radius 1 is 1.50 bits per heavy atom. The van der Waals surface area contributed by atoms with Gasteiger partial charge >= 0.3 is 0 Å². The van der Waals surface area contributed by atoms with Gasteiger partial charge in [0.25, 0.3) is 0 Å². The van der Waals surface area contributed by atoms with Crippen molar-refractivity contribution in [1.82, 2.24) is 10.6 Å². The van der Waals surface area contributed by atoms with Crippen LogP contribution in [0.25, 0.3) is 0 Å².